The lowest BCUT2D eigenvalue weighted by Crippen LogP contribution is -2.28. The van der Waals surface area contributed by atoms with E-state index in [4.69, 9.17) is 4.42 Å². The lowest BCUT2D eigenvalue weighted by Gasteiger charge is -2.34. The van der Waals surface area contributed by atoms with Crippen LogP contribution in [0.2, 0.25) is 0 Å². The predicted molar refractivity (Wildman–Crippen MR) is 246 cm³/mol. The molecule has 1 aliphatic rings. The molecule has 10 aromatic carbocycles. The van der Waals surface area contributed by atoms with E-state index in [1.54, 1.807) is 0 Å². The number of nitrogens with zero attached hydrogens (tertiary/aromatic N) is 1. The molecule has 1 aromatic heterocycles. The minimum Gasteiger partial charge on any atom is -0.455 e. The molecule has 12 rings (SSSR count). The van der Waals surface area contributed by atoms with Gasteiger partial charge in [-0.3, -0.25) is 0 Å². The second-order valence-electron chi connectivity index (χ2n) is 15.6. The fourth-order valence-electron chi connectivity index (χ4n) is 9.96. The van der Waals surface area contributed by atoms with E-state index in [9.17, 15) is 0 Å². The van der Waals surface area contributed by atoms with E-state index in [0.29, 0.717) is 0 Å². The maximum absolute atomic E-state index is 6.81. The molecule has 0 fully saturated rings. The Morgan fingerprint density at radius 3 is 1.81 bits per heavy atom. The Morgan fingerprint density at radius 1 is 0.390 bits per heavy atom. The third-order valence-electron chi connectivity index (χ3n) is 12.5. The van der Waals surface area contributed by atoms with Crippen LogP contribution in [-0.2, 0) is 5.41 Å². The van der Waals surface area contributed by atoms with Crippen LogP contribution in [-0.4, -0.2) is 0 Å². The van der Waals surface area contributed by atoms with Gasteiger partial charge >= 0.3 is 0 Å². The minimum atomic E-state index is -0.527. The molecule has 0 aliphatic heterocycles. The average molecular weight is 752 g/mol. The second kappa shape index (κ2) is 13.2. The molecule has 11 aromatic rings. The smallest absolute Gasteiger partial charge is 0.145 e. The lowest BCUT2D eigenvalue weighted by atomic mass is 9.68. The van der Waals surface area contributed by atoms with Crippen LogP contribution in [0.15, 0.2) is 229 Å². The topological polar surface area (TPSA) is 16.4 Å². The number of rotatable bonds is 6. The first-order valence-electron chi connectivity index (χ1n) is 20.3. The number of hydrogen-bond acceptors (Lipinski definition) is 2. The fourth-order valence-corrected chi connectivity index (χ4v) is 9.96. The maximum atomic E-state index is 6.81. The van der Waals surface area contributed by atoms with E-state index in [1.165, 1.54) is 55.3 Å². The summed E-state index contributed by atoms with van der Waals surface area (Å²) < 4.78 is 6.81. The first kappa shape index (κ1) is 33.5. The Hall–Kier alpha value is -7.68. The molecule has 0 spiro atoms. The highest BCUT2D eigenvalue weighted by Crippen LogP contribution is 2.60. The SMILES string of the molecule is c1ccc(C2(c3ccccc3)c3ccccc3-c3c(N(c4ccc(-c5ccc6ccccc6c5)cc4)c4cccc5ccc6c7ccccc7oc6c45)cccc32)cc1. The second-order valence-corrected chi connectivity index (χ2v) is 15.6. The van der Waals surface area contributed by atoms with E-state index in [-0.39, 0.29) is 0 Å². The van der Waals surface area contributed by atoms with Crippen LogP contribution in [0.4, 0.5) is 17.1 Å². The van der Waals surface area contributed by atoms with Gasteiger partial charge in [0.1, 0.15) is 11.2 Å². The van der Waals surface area contributed by atoms with Gasteiger partial charge in [0.25, 0.3) is 0 Å². The Morgan fingerprint density at radius 2 is 1.00 bits per heavy atom. The average Bonchev–Trinajstić information content (AvgIpc) is 3.84. The van der Waals surface area contributed by atoms with Crippen molar-refractivity contribution in [1.29, 1.82) is 0 Å². The van der Waals surface area contributed by atoms with E-state index in [2.05, 4.69) is 223 Å². The molecule has 1 heterocycles. The first-order valence-corrected chi connectivity index (χ1v) is 20.3. The van der Waals surface area contributed by atoms with Gasteiger partial charge in [-0.2, -0.15) is 0 Å². The summed E-state index contributed by atoms with van der Waals surface area (Å²) in [6.45, 7) is 0. The van der Waals surface area contributed by atoms with Gasteiger partial charge in [-0.1, -0.05) is 182 Å². The molecule has 0 atom stereocenters. The lowest BCUT2D eigenvalue weighted by molar-refractivity contribution is 0.672. The third kappa shape index (κ3) is 5.00. The molecule has 59 heavy (non-hydrogen) atoms. The zero-order chi connectivity index (χ0) is 38.9. The fraction of sp³-hybridized carbons (Fsp3) is 0.0175. The summed E-state index contributed by atoms with van der Waals surface area (Å²) in [6.07, 6.45) is 0. The van der Waals surface area contributed by atoms with Crippen molar-refractivity contribution >= 4 is 60.5 Å². The number of anilines is 3. The number of benzene rings is 10. The molecule has 0 saturated heterocycles. The molecule has 2 heteroatoms. The van der Waals surface area contributed by atoms with Crippen LogP contribution in [0.5, 0.6) is 0 Å². The largest absolute Gasteiger partial charge is 0.455 e. The standard InChI is InChI=1S/C57H37NO/c1-3-18-43(19-4-1)57(44-20-5-2-6-21-44)49-24-11-9-23-48(49)55-50(57)25-14-27-52(55)58(45-34-31-39(32-35-45)42-30-29-38-15-7-8-16-41(38)37-42)51-26-13-17-40-33-36-47-46-22-10-12-28-53(46)59-56(47)54(40)51/h1-37H. The highest BCUT2D eigenvalue weighted by Gasteiger charge is 2.47. The van der Waals surface area contributed by atoms with Gasteiger partial charge in [0.2, 0.25) is 0 Å². The highest BCUT2D eigenvalue weighted by molar-refractivity contribution is 6.20. The van der Waals surface area contributed by atoms with Crippen molar-refractivity contribution in [2.45, 2.75) is 5.41 Å². The molecule has 1 aliphatic carbocycles. The van der Waals surface area contributed by atoms with Crippen molar-refractivity contribution in [2.24, 2.45) is 0 Å². The summed E-state index contributed by atoms with van der Waals surface area (Å²) in [5, 5.41) is 6.93. The molecule has 0 bridgehead atoms. The van der Waals surface area contributed by atoms with Gasteiger partial charge in [-0.05, 0) is 97.6 Å². The van der Waals surface area contributed by atoms with Crippen molar-refractivity contribution in [1.82, 2.24) is 0 Å². The minimum absolute atomic E-state index is 0.527. The van der Waals surface area contributed by atoms with Crippen LogP contribution in [0.25, 0.3) is 65.7 Å². The maximum Gasteiger partial charge on any atom is 0.145 e. The van der Waals surface area contributed by atoms with E-state index >= 15 is 0 Å². The van der Waals surface area contributed by atoms with E-state index in [1.807, 2.05) is 6.07 Å². The summed E-state index contributed by atoms with van der Waals surface area (Å²) in [5.74, 6) is 0. The molecular formula is C57H37NO. The van der Waals surface area contributed by atoms with Crippen molar-refractivity contribution < 1.29 is 4.42 Å². The summed E-state index contributed by atoms with van der Waals surface area (Å²) >= 11 is 0. The Bertz CT molecular complexity index is 3340. The Labute approximate surface area is 342 Å². The summed E-state index contributed by atoms with van der Waals surface area (Å²) in [6, 6.07) is 81.8. The molecule has 0 unspecified atom stereocenters. The number of furan rings is 1. The third-order valence-corrected chi connectivity index (χ3v) is 12.5. The van der Waals surface area contributed by atoms with Gasteiger partial charge in [0, 0.05) is 27.4 Å². The van der Waals surface area contributed by atoms with Gasteiger partial charge in [0.15, 0.2) is 0 Å². The quantitative estimate of drug-likeness (QED) is 0.168. The van der Waals surface area contributed by atoms with Gasteiger partial charge in [-0.15, -0.1) is 0 Å². The molecule has 0 N–H and O–H groups in total. The molecule has 0 saturated carbocycles. The van der Waals surface area contributed by atoms with Crippen molar-refractivity contribution in [2.75, 3.05) is 4.90 Å². The molecule has 0 amide bonds. The van der Waals surface area contributed by atoms with Gasteiger partial charge < -0.3 is 9.32 Å². The summed E-state index contributed by atoms with van der Waals surface area (Å²) in [5.41, 5.74) is 14.4. The van der Waals surface area contributed by atoms with Crippen LogP contribution in [0.3, 0.4) is 0 Å². The molecular weight excluding hydrogens is 715 g/mol. The molecule has 2 nitrogen and oxygen atoms in total. The first-order chi connectivity index (χ1) is 29.3. The van der Waals surface area contributed by atoms with Crippen LogP contribution < -0.4 is 4.90 Å². The number of hydrogen-bond donors (Lipinski definition) is 0. The summed E-state index contributed by atoms with van der Waals surface area (Å²) in [7, 11) is 0. The van der Waals surface area contributed by atoms with E-state index < -0.39 is 5.41 Å². The Balaban J connectivity index is 1.16. The van der Waals surface area contributed by atoms with E-state index in [0.717, 1.165) is 49.8 Å². The van der Waals surface area contributed by atoms with Crippen LogP contribution in [0.1, 0.15) is 22.3 Å². The normalized spacial score (nSPS) is 12.9. The molecule has 276 valence electrons. The van der Waals surface area contributed by atoms with Gasteiger partial charge in [0.05, 0.1) is 16.8 Å². The highest BCUT2D eigenvalue weighted by atomic mass is 16.3. The van der Waals surface area contributed by atoms with Gasteiger partial charge in [-0.25, -0.2) is 0 Å². The number of fused-ring (bicyclic) bond motifs is 9. The predicted octanol–water partition coefficient (Wildman–Crippen LogP) is 15.4. The summed E-state index contributed by atoms with van der Waals surface area (Å²) in [4.78, 5) is 2.47. The zero-order valence-electron chi connectivity index (χ0n) is 32.2. The van der Waals surface area contributed by atoms with Crippen LogP contribution >= 0.6 is 0 Å². The zero-order valence-corrected chi connectivity index (χ0v) is 32.2. The van der Waals surface area contributed by atoms with Crippen molar-refractivity contribution in [3.63, 3.8) is 0 Å². The van der Waals surface area contributed by atoms with Crippen LogP contribution in [0, 0.1) is 0 Å². The molecule has 0 radical (unpaired) electrons. The van der Waals surface area contributed by atoms with Crippen molar-refractivity contribution in [3.8, 4) is 22.3 Å². The van der Waals surface area contributed by atoms with Crippen molar-refractivity contribution in [3.05, 3.63) is 247 Å². The Kier molecular flexibility index (Phi) is 7.48. The monoisotopic (exact) mass is 751 g/mol. The number of para-hydroxylation sites is 1.